The van der Waals surface area contributed by atoms with Gasteiger partial charge in [-0.1, -0.05) is 53.7 Å². The van der Waals surface area contributed by atoms with Crippen molar-refractivity contribution < 1.29 is 9.53 Å². The molecule has 0 aliphatic carbocycles. The number of anilines is 1. The summed E-state index contributed by atoms with van der Waals surface area (Å²) in [5.74, 6) is 1.01. The SMILES string of the molecule is CCOc1ccccc1C1CC(=O)Nc2nc(SCc3ccc(Cl)cc3)[nH]c(=O)c21. The third-order valence-corrected chi connectivity index (χ3v) is 6.01. The summed E-state index contributed by atoms with van der Waals surface area (Å²) in [6.45, 7) is 2.40. The second-order valence-corrected chi connectivity index (χ2v) is 8.22. The van der Waals surface area contributed by atoms with E-state index < -0.39 is 5.92 Å². The number of hydrogen-bond donors (Lipinski definition) is 2. The highest BCUT2D eigenvalue weighted by Crippen LogP contribution is 2.38. The third kappa shape index (κ3) is 4.37. The zero-order valence-corrected chi connectivity index (χ0v) is 17.8. The molecule has 0 saturated carbocycles. The second kappa shape index (κ2) is 8.93. The molecule has 4 rings (SSSR count). The maximum atomic E-state index is 13.0. The lowest BCUT2D eigenvalue weighted by atomic mass is 9.86. The number of rotatable bonds is 6. The zero-order chi connectivity index (χ0) is 21.1. The Kier molecular flexibility index (Phi) is 6.11. The van der Waals surface area contributed by atoms with Crippen LogP contribution in [0, 0.1) is 0 Å². The number of thioether (sulfide) groups is 1. The van der Waals surface area contributed by atoms with Gasteiger partial charge in [-0.3, -0.25) is 9.59 Å². The Labute approximate surface area is 183 Å². The van der Waals surface area contributed by atoms with E-state index in [2.05, 4.69) is 15.3 Å². The van der Waals surface area contributed by atoms with Crippen LogP contribution in [0.3, 0.4) is 0 Å². The molecule has 0 spiro atoms. The van der Waals surface area contributed by atoms with Gasteiger partial charge in [-0.2, -0.15) is 0 Å². The van der Waals surface area contributed by atoms with E-state index in [1.54, 1.807) is 0 Å². The number of nitrogens with zero attached hydrogens (tertiary/aromatic N) is 1. The van der Waals surface area contributed by atoms with Crippen LogP contribution in [0.2, 0.25) is 5.02 Å². The molecule has 0 fully saturated rings. The van der Waals surface area contributed by atoms with E-state index in [0.29, 0.717) is 39.7 Å². The maximum absolute atomic E-state index is 13.0. The zero-order valence-electron chi connectivity index (χ0n) is 16.3. The van der Waals surface area contributed by atoms with Crippen molar-refractivity contribution in [3.8, 4) is 5.75 Å². The fourth-order valence-corrected chi connectivity index (χ4v) is 4.41. The molecule has 0 bridgehead atoms. The van der Waals surface area contributed by atoms with Crippen molar-refractivity contribution in [2.24, 2.45) is 0 Å². The fourth-order valence-electron chi connectivity index (χ4n) is 3.47. The van der Waals surface area contributed by atoms with Gasteiger partial charge in [-0.25, -0.2) is 4.98 Å². The molecule has 2 aromatic carbocycles. The van der Waals surface area contributed by atoms with Crippen LogP contribution in [0.25, 0.3) is 0 Å². The largest absolute Gasteiger partial charge is 0.494 e. The number of ether oxygens (including phenoxy) is 1. The lowest BCUT2D eigenvalue weighted by Gasteiger charge is -2.26. The number of benzene rings is 2. The first kappa shape index (κ1) is 20.5. The molecule has 2 heterocycles. The quantitative estimate of drug-likeness (QED) is 0.431. The fraction of sp³-hybridized carbons (Fsp3) is 0.227. The lowest BCUT2D eigenvalue weighted by Crippen LogP contribution is -2.31. The van der Waals surface area contributed by atoms with Gasteiger partial charge in [0, 0.05) is 28.7 Å². The van der Waals surface area contributed by atoms with Crippen molar-refractivity contribution in [1.29, 1.82) is 0 Å². The predicted molar refractivity (Wildman–Crippen MR) is 119 cm³/mol. The molecular formula is C22H20ClN3O3S. The first-order valence-electron chi connectivity index (χ1n) is 9.58. The molecule has 1 amide bonds. The minimum absolute atomic E-state index is 0.166. The van der Waals surface area contributed by atoms with Crippen LogP contribution >= 0.6 is 23.4 Å². The van der Waals surface area contributed by atoms with Gasteiger partial charge in [0.2, 0.25) is 5.91 Å². The smallest absolute Gasteiger partial charge is 0.257 e. The summed E-state index contributed by atoms with van der Waals surface area (Å²) in [6, 6.07) is 15.0. The summed E-state index contributed by atoms with van der Waals surface area (Å²) < 4.78 is 5.72. The van der Waals surface area contributed by atoms with Crippen molar-refractivity contribution in [2.75, 3.05) is 11.9 Å². The number of nitrogens with one attached hydrogen (secondary N) is 2. The molecule has 2 N–H and O–H groups in total. The van der Waals surface area contributed by atoms with Gasteiger partial charge in [0.05, 0.1) is 12.2 Å². The molecule has 1 unspecified atom stereocenters. The van der Waals surface area contributed by atoms with Crippen molar-refractivity contribution >= 4 is 35.1 Å². The standard InChI is InChI=1S/C22H20ClN3O3S/c1-2-29-17-6-4-3-5-15(17)16-11-18(27)24-20-19(16)21(28)26-22(25-20)30-12-13-7-9-14(23)10-8-13/h3-10,16H,2,11-12H2,1H3,(H2,24,25,26,27,28). The van der Waals surface area contributed by atoms with Crippen LogP contribution < -0.4 is 15.6 Å². The van der Waals surface area contributed by atoms with Gasteiger partial charge < -0.3 is 15.0 Å². The van der Waals surface area contributed by atoms with E-state index in [-0.39, 0.29) is 17.9 Å². The Balaban J connectivity index is 1.66. The van der Waals surface area contributed by atoms with E-state index in [1.165, 1.54) is 11.8 Å². The number of aromatic amines is 1. The molecule has 8 heteroatoms. The maximum Gasteiger partial charge on any atom is 0.257 e. The van der Waals surface area contributed by atoms with Crippen LogP contribution in [0.1, 0.15) is 36.0 Å². The molecule has 1 aromatic heterocycles. The summed E-state index contributed by atoms with van der Waals surface area (Å²) in [6.07, 6.45) is 0.166. The molecule has 1 atom stereocenters. The highest BCUT2D eigenvalue weighted by Gasteiger charge is 2.32. The highest BCUT2D eigenvalue weighted by molar-refractivity contribution is 7.98. The molecular weight excluding hydrogens is 422 g/mol. The normalized spacial score (nSPS) is 15.4. The van der Waals surface area contributed by atoms with Gasteiger partial charge in [-0.15, -0.1) is 0 Å². The molecule has 30 heavy (non-hydrogen) atoms. The highest BCUT2D eigenvalue weighted by atomic mass is 35.5. The van der Waals surface area contributed by atoms with E-state index >= 15 is 0 Å². The van der Waals surface area contributed by atoms with Gasteiger partial charge >= 0.3 is 0 Å². The number of carbonyl (C=O) groups excluding carboxylic acids is 1. The Morgan fingerprint density at radius 3 is 2.70 bits per heavy atom. The van der Waals surface area contributed by atoms with Gasteiger partial charge in [0.25, 0.3) is 5.56 Å². The van der Waals surface area contributed by atoms with Crippen molar-refractivity contribution in [3.63, 3.8) is 0 Å². The number of aromatic nitrogens is 2. The summed E-state index contributed by atoms with van der Waals surface area (Å²) in [5, 5.41) is 3.88. The average molecular weight is 442 g/mol. The monoisotopic (exact) mass is 441 g/mol. The van der Waals surface area contributed by atoms with Gasteiger partial charge in [-0.05, 0) is 30.7 Å². The summed E-state index contributed by atoms with van der Waals surface area (Å²) >= 11 is 7.31. The third-order valence-electron chi connectivity index (χ3n) is 4.81. The second-order valence-electron chi connectivity index (χ2n) is 6.82. The minimum atomic E-state index is -0.414. The molecule has 3 aromatic rings. The number of fused-ring (bicyclic) bond motifs is 1. The average Bonchev–Trinajstić information content (AvgIpc) is 2.73. The molecule has 0 saturated heterocycles. The Bertz CT molecular complexity index is 1130. The van der Waals surface area contributed by atoms with Crippen LogP contribution in [-0.4, -0.2) is 22.5 Å². The van der Waals surface area contributed by atoms with Gasteiger partial charge in [0.15, 0.2) is 5.16 Å². The molecule has 6 nitrogen and oxygen atoms in total. The number of hydrogen-bond acceptors (Lipinski definition) is 5. The first-order chi connectivity index (χ1) is 14.5. The Morgan fingerprint density at radius 1 is 1.17 bits per heavy atom. The number of amides is 1. The van der Waals surface area contributed by atoms with E-state index in [0.717, 1.165) is 11.1 Å². The van der Waals surface area contributed by atoms with E-state index in [4.69, 9.17) is 16.3 Å². The summed E-state index contributed by atoms with van der Waals surface area (Å²) in [7, 11) is 0. The van der Waals surface area contributed by atoms with Crippen LogP contribution in [0.4, 0.5) is 5.82 Å². The summed E-state index contributed by atoms with van der Waals surface area (Å²) in [4.78, 5) is 32.7. The van der Waals surface area contributed by atoms with Crippen LogP contribution in [0.15, 0.2) is 58.5 Å². The van der Waals surface area contributed by atoms with Crippen LogP contribution in [0.5, 0.6) is 5.75 Å². The molecule has 0 radical (unpaired) electrons. The number of halogens is 1. The van der Waals surface area contributed by atoms with Crippen molar-refractivity contribution in [2.45, 2.75) is 30.2 Å². The molecule has 1 aliphatic heterocycles. The molecule has 1 aliphatic rings. The topological polar surface area (TPSA) is 84.1 Å². The van der Waals surface area contributed by atoms with E-state index in [1.807, 2.05) is 55.5 Å². The number of H-pyrrole nitrogens is 1. The molecule has 154 valence electrons. The predicted octanol–water partition coefficient (Wildman–Crippen LogP) is 4.59. The van der Waals surface area contributed by atoms with Crippen LogP contribution in [-0.2, 0) is 10.5 Å². The lowest BCUT2D eigenvalue weighted by molar-refractivity contribution is -0.116. The van der Waals surface area contributed by atoms with E-state index in [9.17, 15) is 9.59 Å². The number of para-hydroxylation sites is 1. The number of carbonyl (C=O) groups is 1. The minimum Gasteiger partial charge on any atom is -0.494 e. The van der Waals surface area contributed by atoms with Crippen molar-refractivity contribution in [3.05, 3.63) is 80.6 Å². The Morgan fingerprint density at radius 2 is 1.93 bits per heavy atom. The summed E-state index contributed by atoms with van der Waals surface area (Å²) in [5.41, 5.74) is 2.06. The first-order valence-corrected chi connectivity index (χ1v) is 10.9. The van der Waals surface area contributed by atoms with Crippen molar-refractivity contribution in [1.82, 2.24) is 9.97 Å². The van der Waals surface area contributed by atoms with Gasteiger partial charge in [0.1, 0.15) is 11.6 Å². The Hall–Kier alpha value is -2.77.